The summed E-state index contributed by atoms with van der Waals surface area (Å²) in [5, 5.41) is 12.8. The summed E-state index contributed by atoms with van der Waals surface area (Å²) in [7, 11) is 1.54. The summed E-state index contributed by atoms with van der Waals surface area (Å²) < 4.78 is 5.51. The highest BCUT2D eigenvalue weighted by Gasteiger charge is 2.30. The van der Waals surface area contributed by atoms with Crippen molar-refractivity contribution >= 4 is 24.3 Å². The number of nitrogens with one attached hydrogen (secondary N) is 1. The Morgan fingerprint density at radius 1 is 1.19 bits per heavy atom. The first-order chi connectivity index (χ1) is 14.7. The average Bonchev–Trinajstić information content (AvgIpc) is 2.72. The van der Waals surface area contributed by atoms with Crippen LogP contribution in [0.5, 0.6) is 5.75 Å². The molecule has 0 saturated carbocycles. The van der Waals surface area contributed by atoms with Crippen molar-refractivity contribution in [1.29, 1.82) is 0 Å². The zero-order valence-electron chi connectivity index (χ0n) is 20.4. The number of allylic oxidation sites excluding steroid dienone is 2. The second-order valence-electron chi connectivity index (χ2n) is 8.44. The van der Waals surface area contributed by atoms with Gasteiger partial charge in [-0.2, -0.15) is 0 Å². The van der Waals surface area contributed by atoms with Crippen LogP contribution in [0.15, 0.2) is 30.4 Å². The minimum atomic E-state index is -0.904. The van der Waals surface area contributed by atoms with Crippen molar-refractivity contribution in [2.45, 2.75) is 78.9 Å². The van der Waals surface area contributed by atoms with E-state index in [4.69, 9.17) is 4.74 Å². The number of nitrogens with zero attached hydrogens (tertiary/aromatic N) is 1. The molecule has 0 bridgehead atoms. The quantitative estimate of drug-likeness (QED) is 0.284. The van der Waals surface area contributed by atoms with Gasteiger partial charge in [0.1, 0.15) is 11.8 Å². The second kappa shape index (κ2) is 15.7. The molecule has 6 nitrogen and oxygen atoms in total. The molecule has 0 aliphatic carbocycles. The Balaban J connectivity index is 0.00000961. The van der Waals surface area contributed by atoms with E-state index in [-0.39, 0.29) is 24.4 Å². The van der Waals surface area contributed by atoms with Gasteiger partial charge in [-0.25, -0.2) is 0 Å². The summed E-state index contributed by atoms with van der Waals surface area (Å²) >= 11 is 0. The van der Waals surface area contributed by atoms with Gasteiger partial charge < -0.3 is 15.2 Å². The molecule has 0 saturated heterocycles. The van der Waals surface area contributed by atoms with Crippen LogP contribution in [0.4, 0.5) is 0 Å². The number of benzene rings is 1. The molecule has 1 rings (SSSR count). The van der Waals surface area contributed by atoms with Crippen molar-refractivity contribution in [2.24, 2.45) is 5.92 Å². The van der Waals surface area contributed by atoms with Crippen molar-refractivity contribution in [3.05, 3.63) is 41.5 Å². The SMILES string of the molecule is CCN(C(C)C)C(C(=O)O)c1ccc(CNC(=O)CCCC/C=C/C(C)C)cc1OC.Cl. The molecule has 32 heavy (non-hydrogen) atoms. The van der Waals surface area contributed by atoms with Gasteiger partial charge in [0.25, 0.3) is 0 Å². The first kappa shape index (κ1) is 29.9. The summed E-state index contributed by atoms with van der Waals surface area (Å²) in [4.78, 5) is 26.1. The predicted octanol–water partition coefficient (Wildman–Crippen LogP) is 5.36. The lowest BCUT2D eigenvalue weighted by Gasteiger charge is -2.32. The fourth-order valence-electron chi connectivity index (χ4n) is 3.60. The minimum absolute atomic E-state index is 0. The Hall–Kier alpha value is -2.05. The largest absolute Gasteiger partial charge is 0.496 e. The van der Waals surface area contributed by atoms with E-state index in [0.29, 0.717) is 36.7 Å². The van der Waals surface area contributed by atoms with Crippen LogP contribution in [0.25, 0.3) is 0 Å². The second-order valence-corrected chi connectivity index (χ2v) is 8.44. The Labute approximate surface area is 199 Å². The highest BCUT2D eigenvalue weighted by molar-refractivity contribution is 5.85. The maximum atomic E-state index is 12.1. The van der Waals surface area contributed by atoms with Crippen molar-refractivity contribution in [3.8, 4) is 5.75 Å². The van der Waals surface area contributed by atoms with E-state index in [1.165, 1.54) is 0 Å². The first-order valence-electron chi connectivity index (χ1n) is 11.3. The Morgan fingerprint density at radius 2 is 1.88 bits per heavy atom. The van der Waals surface area contributed by atoms with Crippen LogP contribution >= 0.6 is 12.4 Å². The van der Waals surface area contributed by atoms with Crippen molar-refractivity contribution in [3.63, 3.8) is 0 Å². The maximum Gasteiger partial charge on any atom is 0.325 e. The normalized spacial score (nSPS) is 12.3. The van der Waals surface area contributed by atoms with Crippen LogP contribution < -0.4 is 10.1 Å². The first-order valence-corrected chi connectivity index (χ1v) is 11.3. The van der Waals surface area contributed by atoms with Gasteiger partial charge >= 0.3 is 5.97 Å². The zero-order chi connectivity index (χ0) is 23.4. The van der Waals surface area contributed by atoms with Gasteiger partial charge in [-0.3, -0.25) is 14.5 Å². The standard InChI is InChI=1S/C25H40N2O4.ClH/c1-7-27(19(4)5)24(25(29)30)21-15-14-20(16-22(21)31-6)17-26-23(28)13-11-9-8-10-12-18(2)3;/h10,12,14-16,18-19,24H,7-9,11,13,17H2,1-6H3,(H,26,28)(H,29,30);1H/b12-10+;. The number of carbonyl (C=O) groups excluding carboxylic acids is 1. The minimum Gasteiger partial charge on any atom is -0.496 e. The van der Waals surface area contributed by atoms with Gasteiger partial charge in [0.05, 0.1) is 7.11 Å². The van der Waals surface area contributed by atoms with E-state index in [1.54, 1.807) is 13.2 Å². The molecule has 0 fully saturated rings. The summed E-state index contributed by atoms with van der Waals surface area (Å²) in [6.45, 7) is 11.2. The molecule has 1 atom stereocenters. The number of methoxy groups -OCH3 is 1. The number of unbranched alkanes of at least 4 members (excludes halogenated alkanes) is 2. The van der Waals surface area contributed by atoms with Crippen LogP contribution in [0.2, 0.25) is 0 Å². The molecule has 7 heteroatoms. The van der Waals surface area contributed by atoms with Gasteiger partial charge in [-0.15, -0.1) is 12.4 Å². The molecule has 1 aromatic carbocycles. The van der Waals surface area contributed by atoms with Crippen molar-refractivity contribution in [1.82, 2.24) is 10.2 Å². The Bertz CT molecular complexity index is 735. The number of rotatable bonds is 14. The van der Waals surface area contributed by atoms with Gasteiger partial charge in [0, 0.05) is 24.6 Å². The van der Waals surface area contributed by atoms with Gasteiger partial charge in [0.15, 0.2) is 0 Å². The number of halogens is 1. The summed E-state index contributed by atoms with van der Waals surface area (Å²) in [5.74, 6) is 0.206. The molecule has 1 unspecified atom stereocenters. The topological polar surface area (TPSA) is 78.9 Å². The molecule has 0 aromatic heterocycles. The number of hydrogen-bond acceptors (Lipinski definition) is 4. The van der Waals surface area contributed by atoms with Crippen molar-refractivity contribution in [2.75, 3.05) is 13.7 Å². The maximum absolute atomic E-state index is 12.1. The van der Waals surface area contributed by atoms with Crippen LogP contribution in [0, 0.1) is 5.92 Å². The summed E-state index contributed by atoms with van der Waals surface area (Å²) in [6.07, 6.45) is 7.73. The third-order valence-corrected chi connectivity index (χ3v) is 5.22. The number of aliphatic carboxylic acids is 1. The number of carbonyl (C=O) groups is 2. The number of carboxylic acid groups (broad SMARTS) is 1. The molecular formula is C25H41ClN2O4. The highest BCUT2D eigenvalue weighted by atomic mass is 35.5. The van der Waals surface area contributed by atoms with Crippen LogP contribution in [0.3, 0.4) is 0 Å². The van der Waals surface area contributed by atoms with E-state index in [9.17, 15) is 14.7 Å². The smallest absolute Gasteiger partial charge is 0.325 e. The lowest BCUT2D eigenvalue weighted by Crippen LogP contribution is -2.39. The van der Waals surface area contributed by atoms with Crippen LogP contribution in [-0.4, -0.2) is 41.6 Å². The number of likely N-dealkylation sites (N-methyl/N-ethyl adjacent to an activating group) is 1. The van der Waals surface area contributed by atoms with Crippen LogP contribution in [0.1, 0.15) is 77.5 Å². The van der Waals surface area contributed by atoms with Crippen LogP contribution in [-0.2, 0) is 16.1 Å². The fraction of sp³-hybridized carbons (Fsp3) is 0.600. The van der Waals surface area contributed by atoms with E-state index >= 15 is 0 Å². The Morgan fingerprint density at radius 3 is 2.41 bits per heavy atom. The summed E-state index contributed by atoms with van der Waals surface area (Å²) in [6, 6.07) is 4.77. The summed E-state index contributed by atoms with van der Waals surface area (Å²) in [5.41, 5.74) is 1.50. The van der Waals surface area contributed by atoms with E-state index < -0.39 is 12.0 Å². The molecule has 0 spiro atoms. The Kier molecular flexibility index (Phi) is 14.7. The van der Waals surface area contributed by atoms with Gasteiger partial charge in [0.2, 0.25) is 5.91 Å². The monoisotopic (exact) mass is 468 g/mol. The molecule has 1 aromatic rings. The third kappa shape index (κ3) is 10.0. The molecule has 1 amide bonds. The highest BCUT2D eigenvalue weighted by Crippen LogP contribution is 2.32. The molecule has 182 valence electrons. The third-order valence-electron chi connectivity index (χ3n) is 5.22. The fourth-order valence-corrected chi connectivity index (χ4v) is 3.60. The van der Waals surface area contributed by atoms with Gasteiger partial charge in [-0.1, -0.05) is 45.1 Å². The average molecular weight is 469 g/mol. The molecule has 0 aliphatic heterocycles. The molecular weight excluding hydrogens is 428 g/mol. The number of carboxylic acids is 1. The van der Waals surface area contributed by atoms with E-state index in [1.807, 2.05) is 37.8 Å². The van der Waals surface area contributed by atoms with Crippen molar-refractivity contribution < 1.29 is 19.4 Å². The van der Waals surface area contributed by atoms with Gasteiger partial charge in [-0.05, 0) is 57.2 Å². The number of amides is 1. The molecule has 0 aliphatic rings. The van der Waals surface area contributed by atoms with E-state index in [2.05, 4.69) is 31.3 Å². The molecule has 0 heterocycles. The molecule has 0 radical (unpaired) electrons. The lowest BCUT2D eigenvalue weighted by molar-refractivity contribution is -0.144. The predicted molar refractivity (Wildman–Crippen MR) is 132 cm³/mol. The number of hydrogen-bond donors (Lipinski definition) is 2. The molecule has 2 N–H and O–H groups in total. The zero-order valence-corrected chi connectivity index (χ0v) is 21.2. The number of ether oxygens (including phenoxy) is 1. The lowest BCUT2D eigenvalue weighted by atomic mass is 10.0. The van der Waals surface area contributed by atoms with E-state index in [0.717, 1.165) is 24.8 Å².